The number of fused-ring (bicyclic) bond motifs is 3. The summed E-state index contributed by atoms with van der Waals surface area (Å²) < 4.78 is 0. The van der Waals surface area contributed by atoms with Crippen LogP contribution in [0.15, 0.2) is 30.3 Å². The molecule has 3 rings (SSSR count). The van der Waals surface area contributed by atoms with Gasteiger partial charge in [-0.3, -0.25) is 0 Å². The third kappa shape index (κ3) is 1.41. The maximum absolute atomic E-state index is 10.1. The molecule has 2 heteroatoms. The Morgan fingerprint density at radius 2 is 1.84 bits per heavy atom. The lowest BCUT2D eigenvalue weighted by Crippen LogP contribution is -1.93. The van der Waals surface area contributed by atoms with Crippen molar-refractivity contribution >= 4 is 0 Å². The molecule has 0 aromatic heterocycles. The van der Waals surface area contributed by atoms with Crippen LogP contribution in [0, 0.1) is 24.7 Å². The van der Waals surface area contributed by atoms with Gasteiger partial charge in [-0.25, -0.2) is 0 Å². The fourth-order valence-corrected chi connectivity index (χ4v) is 2.65. The third-order valence-corrected chi connectivity index (χ3v) is 3.45. The van der Waals surface area contributed by atoms with Gasteiger partial charge in [0.15, 0.2) is 0 Å². The van der Waals surface area contributed by atoms with E-state index in [9.17, 15) is 10.2 Å². The first-order chi connectivity index (χ1) is 9.17. The van der Waals surface area contributed by atoms with Crippen LogP contribution in [0.5, 0.6) is 11.5 Å². The van der Waals surface area contributed by atoms with E-state index < -0.39 is 0 Å². The molecule has 2 N–H and O–H groups in total. The minimum atomic E-state index is -0.334. The fourth-order valence-electron chi connectivity index (χ4n) is 2.65. The van der Waals surface area contributed by atoms with E-state index in [2.05, 4.69) is 11.8 Å². The van der Waals surface area contributed by atoms with Gasteiger partial charge in [0, 0.05) is 16.7 Å². The van der Waals surface area contributed by atoms with E-state index in [4.69, 9.17) is 12.8 Å². The Morgan fingerprint density at radius 1 is 1.05 bits per heavy atom. The van der Waals surface area contributed by atoms with E-state index in [0.717, 1.165) is 16.7 Å². The molecule has 0 amide bonds. The summed E-state index contributed by atoms with van der Waals surface area (Å²) in [4.78, 5) is 0. The number of rotatable bonds is 0. The second kappa shape index (κ2) is 3.83. The van der Waals surface area contributed by atoms with Crippen LogP contribution in [-0.4, -0.2) is 10.2 Å². The van der Waals surface area contributed by atoms with Crippen LogP contribution in [0.3, 0.4) is 0 Å². The SMILES string of the molecule is C#Cc1ccc(O)c2c1-c1cc(O)ccc1C2C#C. The van der Waals surface area contributed by atoms with Crippen LogP contribution in [0.1, 0.15) is 22.6 Å². The number of phenols is 2. The lowest BCUT2D eigenvalue weighted by molar-refractivity contribution is 0.469. The molecule has 0 aliphatic heterocycles. The highest BCUT2D eigenvalue weighted by molar-refractivity contribution is 5.87. The number of aromatic hydroxyl groups is 2. The zero-order valence-corrected chi connectivity index (χ0v) is 10.0. The molecule has 2 nitrogen and oxygen atoms in total. The van der Waals surface area contributed by atoms with Gasteiger partial charge in [0.1, 0.15) is 11.5 Å². The van der Waals surface area contributed by atoms with Gasteiger partial charge in [0.2, 0.25) is 0 Å². The van der Waals surface area contributed by atoms with Crippen LogP contribution in [0.4, 0.5) is 0 Å². The Morgan fingerprint density at radius 3 is 2.53 bits per heavy atom. The average Bonchev–Trinajstić information content (AvgIpc) is 2.74. The van der Waals surface area contributed by atoms with Gasteiger partial charge >= 0.3 is 0 Å². The van der Waals surface area contributed by atoms with Gasteiger partial charge < -0.3 is 10.2 Å². The second-order valence-corrected chi connectivity index (χ2v) is 4.44. The summed E-state index contributed by atoms with van der Waals surface area (Å²) in [5.41, 5.74) is 3.74. The minimum Gasteiger partial charge on any atom is -0.508 e. The zero-order valence-electron chi connectivity index (χ0n) is 10.0. The van der Waals surface area contributed by atoms with Crippen molar-refractivity contribution < 1.29 is 10.2 Å². The monoisotopic (exact) mass is 246 g/mol. The van der Waals surface area contributed by atoms with E-state index in [1.165, 1.54) is 0 Å². The van der Waals surface area contributed by atoms with Crippen molar-refractivity contribution in [2.45, 2.75) is 5.92 Å². The van der Waals surface area contributed by atoms with Crippen molar-refractivity contribution in [1.29, 1.82) is 0 Å². The normalized spacial score (nSPS) is 15.2. The maximum atomic E-state index is 10.1. The molecular formula is C17H10O2. The predicted octanol–water partition coefficient (Wildman–Crippen LogP) is 2.82. The quantitative estimate of drug-likeness (QED) is 0.702. The van der Waals surface area contributed by atoms with E-state index in [0.29, 0.717) is 11.1 Å². The molecule has 0 fully saturated rings. The maximum Gasteiger partial charge on any atom is 0.121 e. The van der Waals surface area contributed by atoms with Gasteiger partial charge in [-0.15, -0.1) is 12.8 Å². The average molecular weight is 246 g/mol. The van der Waals surface area contributed by atoms with Crippen molar-refractivity contribution in [3.63, 3.8) is 0 Å². The number of hydrogen-bond acceptors (Lipinski definition) is 2. The molecule has 1 unspecified atom stereocenters. The Hall–Kier alpha value is -2.84. The second-order valence-electron chi connectivity index (χ2n) is 4.44. The van der Waals surface area contributed by atoms with Crippen molar-refractivity contribution in [3.05, 3.63) is 47.0 Å². The van der Waals surface area contributed by atoms with Crippen LogP contribution in [0.2, 0.25) is 0 Å². The molecule has 0 heterocycles. The summed E-state index contributed by atoms with van der Waals surface area (Å²) in [6.45, 7) is 0. The summed E-state index contributed by atoms with van der Waals surface area (Å²) in [6.07, 6.45) is 11.1. The lowest BCUT2D eigenvalue weighted by Gasteiger charge is -2.08. The Bertz CT molecular complexity index is 773. The van der Waals surface area contributed by atoms with Crippen molar-refractivity contribution in [2.75, 3.05) is 0 Å². The van der Waals surface area contributed by atoms with E-state index >= 15 is 0 Å². The molecule has 90 valence electrons. The number of terminal acetylenes is 2. The summed E-state index contributed by atoms with van der Waals surface area (Å²) in [7, 11) is 0. The van der Waals surface area contributed by atoms with Gasteiger partial charge in [0.25, 0.3) is 0 Å². The molecular weight excluding hydrogens is 236 g/mol. The molecule has 2 aromatic carbocycles. The van der Waals surface area contributed by atoms with E-state index in [1.54, 1.807) is 30.3 Å². The van der Waals surface area contributed by atoms with Crippen molar-refractivity contribution in [3.8, 4) is 47.3 Å². The van der Waals surface area contributed by atoms with Gasteiger partial charge in [-0.05, 0) is 35.4 Å². The number of phenolic OH excluding ortho intramolecular Hbond substituents is 2. The molecule has 1 aliphatic rings. The Kier molecular flexibility index (Phi) is 2.27. The fraction of sp³-hybridized carbons (Fsp3) is 0.0588. The first-order valence-electron chi connectivity index (χ1n) is 5.79. The molecule has 19 heavy (non-hydrogen) atoms. The Labute approximate surface area is 111 Å². The molecule has 0 bridgehead atoms. The Balaban J connectivity index is 2.46. The van der Waals surface area contributed by atoms with Gasteiger partial charge in [-0.1, -0.05) is 17.9 Å². The first-order valence-corrected chi connectivity index (χ1v) is 5.79. The summed E-state index contributed by atoms with van der Waals surface area (Å²) in [6, 6.07) is 8.23. The molecule has 0 saturated heterocycles. The smallest absolute Gasteiger partial charge is 0.121 e. The van der Waals surface area contributed by atoms with Gasteiger partial charge in [-0.2, -0.15) is 0 Å². The van der Waals surface area contributed by atoms with Crippen molar-refractivity contribution in [2.24, 2.45) is 0 Å². The molecule has 1 aliphatic carbocycles. The molecule has 2 aromatic rings. The highest BCUT2D eigenvalue weighted by Gasteiger charge is 2.32. The largest absolute Gasteiger partial charge is 0.508 e. The lowest BCUT2D eigenvalue weighted by atomic mass is 9.95. The third-order valence-electron chi connectivity index (χ3n) is 3.45. The highest BCUT2D eigenvalue weighted by atomic mass is 16.3. The summed E-state index contributed by atoms with van der Waals surface area (Å²) in [5, 5.41) is 19.7. The highest BCUT2D eigenvalue weighted by Crippen LogP contribution is 2.50. The number of hydrogen-bond donors (Lipinski definition) is 2. The topological polar surface area (TPSA) is 40.5 Å². The van der Waals surface area contributed by atoms with Crippen LogP contribution in [-0.2, 0) is 0 Å². The molecule has 0 spiro atoms. The summed E-state index contributed by atoms with van der Waals surface area (Å²) >= 11 is 0. The molecule has 0 saturated carbocycles. The van der Waals surface area contributed by atoms with E-state index in [1.807, 2.05) is 0 Å². The predicted molar refractivity (Wildman–Crippen MR) is 73.8 cm³/mol. The standard InChI is InChI=1S/C17H10O2/c1-3-10-5-8-15(19)17-12(4-2)13-7-6-11(18)9-14(13)16(10)17/h1-2,5-9,12,18-19H. The van der Waals surface area contributed by atoms with Crippen LogP contribution < -0.4 is 0 Å². The summed E-state index contributed by atoms with van der Waals surface area (Å²) in [5.74, 6) is 5.22. The van der Waals surface area contributed by atoms with Crippen LogP contribution >= 0.6 is 0 Å². The molecule has 1 atom stereocenters. The minimum absolute atomic E-state index is 0.132. The zero-order chi connectivity index (χ0) is 13.6. The van der Waals surface area contributed by atoms with E-state index in [-0.39, 0.29) is 17.4 Å². The van der Waals surface area contributed by atoms with Gasteiger partial charge in [0.05, 0.1) is 5.92 Å². The van der Waals surface area contributed by atoms with Crippen LogP contribution in [0.25, 0.3) is 11.1 Å². The number of benzene rings is 2. The molecule has 0 radical (unpaired) electrons. The first kappa shape index (κ1) is 11.3. The van der Waals surface area contributed by atoms with Crippen molar-refractivity contribution in [1.82, 2.24) is 0 Å².